The quantitative estimate of drug-likeness (QED) is 0.654. The zero-order valence-corrected chi connectivity index (χ0v) is 16.5. The second-order valence-electron chi connectivity index (χ2n) is 8.00. The van der Waals surface area contributed by atoms with E-state index in [9.17, 15) is 18.0 Å². The molecule has 0 saturated carbocycles. The number of carbonyl (C=O) groups is 1. The summed E-state index contributed by atoms with van der Waals surface area (Å²) in [6, 6.07) is 1.38. The van der Waals surface area contributed by atoms with Gasteiger partial charge in [-0.2, -0.15) is 5.10 Å². The molecule has 2 N–H and O–H groups in total. The molecule has 2 saturated heterocycles. The third-order valence-corrected chi connectivity index (χ3v) is 5.94. The minimum Gasteiger partial charge on any atom is -0.340 e. The van der Waals surface area contributed by atoms with E-state index in [1.54, 1.807) is 25.4 Å². The van der Waals surface area contributed by atoms with E-state index in [0.29, 0.717) is 31.1 Å². The highest BCUT2D eigenvalue weighted by Gasteiger charge is 2.34. The molecule has 9 nitrogen and oxygen atoms in total. The first-order valence-electron chi connectivity index (χ1n) is 10.0. The summed E-state index contributed by atoms with van der Waals surface area (Å²) in [5.74, 6) is -1.88. The van der Waals surface area contributed by atoms with Crippen LogP contribution in [0.25, 0.3) is 11.0 Å². The van der Waals surface area contributed by atoms with Gasteiger partial charge in [-0.25, -0.2) is 27.8 Å². The molecule has 1 amide bonds. The smallest absolute Gasteiger partial charge is 0.242 e. The van der Waals surface area contributed by atoms with Crippen molar-refractivity contribution >= 4 is 22.9 Å². The summed E-state index contributed by atoms with van der Waals surface area (Å²) in [7, 11) is 0. The van der Waals surface area contributed by atoms with Crippen LogP contribution in [0.3, 0.4) is 0 Å². The normalized spacial score (nSPS) is 22.2. The molecule has 0 radical (unpaired) electrons. The van der Waals surface area contributed by atoms with Crippen LogP contribution in [0.5, 0.6) is 0 Å². The van der Waals surface area contributed by atoms with Gasteiger partial charge in [0, 0.05) is 38.3 Å². The molecule has 3 aromatic rings. The van der Waals surface area contributed by atoms with E-state index in [4.69, 9.17) is 5.73 Å². The Morgan fingerprint density at radius 1 is 1.19 bits per heavy atom. The van der Waals surface area contributed by atoms with Crippen LogP contribution in [0.15, 0.2) is 24.8 Å². The molecule has 0 aliphatic carbocycles. The van der Waals surface area contributed by atoms with Gasteiger partial charge in [0.05, 0.1) is 23.1 Å². The van der Waals surface area contributed by atoms with Crippen molar-refractivity contribution in [1.82, 2.24) is 29.2 Å². The number of hydrogen-bond acceptors (Lipinski definition) is 6. The van der Waals surface area contributed by atoms with Crippen LogP contribution < -0.4 is 10.6 Å². The lowest BCUT2D eigenvalue weighted by molar-refractivity contribution is -0.137. The van der Waals surface area contributed by atoms with E-state index in [0.717, 1.165) is 12.1 Å². The topological polar surface area (TPSA) is 98.1 Å². The van der Waals surface area contributed by atoms with Crippen molar-refractivity contribution in [2.45, 2.75) is 31.2 Å². The Hall–Kier alpha value is -3.15. The second-order valence-corrected chi connectivity index (χ2v) is 8.00. The molecular weight excluding hydrogens is 413 g/mol. The summed E-state index contributed by atoms with van der Waals surface area (Å²) in [6.07, 6.45) is 2.13. The zero-order valence-electron chi connectivity index (χ0n) is 16.5. The highest BCUT2D eigenvalue weighted by molar-refractivity contribution is 5.84. The van der Waals surface area contributed by atoms with E-state index in [-0.39, 0.29) is 37.0 Å². The lowest BCUT2D eigenvalue weighted by Crippen LogP contribution is -2.52. The Morgan fingerprint density at radius 3 is 2.68 bits per heavy atom. The number of aromatic nitrogens is 5. The molecule has 0 spiro atoms. The summed E-state index contributed by atoms with van der Waals surface area (Å²) >= 11 is 0. The Bertz CT molecular complexity index is 1110. The Labute approximate surface area is 175 Å². The molecular formula is C19H21F3N8O. The van der Waals surface area contributed by atoms with Crippen molar-refractivity contribution in [3.63, 3.8) is 0 Å². The highest BCUT2D eigenvalue weighted by Crippen LogP contribution is 2.28. The standard InChI is InChI=1S/C19H21F3N8O/c20-12-1-2-27(7-15(12)23)19-26-16-3-13(21)14(22)4-17(16)29(19)8-18(31)28-5-11(6-28)30-10-24-9-25-30/h3-4,9-12,15H,1-2,5-8,23H2/t12-,15-/m1/s1. The number of likely N-dealkylation sites (tertiary alicyclic amines) is 1. The number of alkyl halides is 1. The van der Waals surface area contributed by atoms with E-state index in [1.165, 1.54) is 6.33 Å². The first kappa shape index (κ1) is 19.8. The molecule has 2 aliphatic heterocycles. The van der Waals surface area contributed by atoms with Gasteiger partial charge >= 0.3 is 0 Å². The van der Waals surface area contributed by atoms with Gasteiger partial charge in [0.15, 0.2) is 11.6 Å². The Kier molecular flexibility index (Phi) is 4.80. The van der Waals surface area contributed by atoms with Crippen LogP contribution in [0.2, 0.25) is 0 Å². The lowest BCUT2D eigenvalue weighted by atomic mass is 10.1. The molecule has 5 rings (SSSR count). The van der Waals surface area contributed by atoms with E-state index < -0.39 is 23.8 Å². The first-order valence-corrected chi connectivity index (χ1v) is 10.0. The molecule has 0 unspecified atom stereocenters. The molecule has 1 aromatic carbocycles. The van der Waals surface area contributed by atoms with Crippen LogP contribution in [0, 0.1) is 11.6 Å². The number of carbonyl (C=O) groups excluding carboxylic acids is 1. The average molecular weight is 434 g/mol. The summed E-state index contributed by atoms with van der Waals surface area (Å²) < 4.78 is 44.8. The van der Waals surface area contributed by atoms with Gasteiger partial charge in [-0.1, -0.05) is 0 Å². The largest absolute Gasteiger partial charge is 0.340 e. The summed E-state index contributed by atoms with van der Waals surface area (Å²) in [4.78, 5) is 24.7. The highest BCUT2D eigenvalue weighted by atomic mass is 19.2. The first-order chi connectivity index (χ1) is 14.9. The number of nitrogens with two attached hydrogens (primary N) is 1. The molecule has 31 heavy (non-hydrogen) atoms. The SMILES string of the molecule is N[C@@H]1CN(c2nc3cc(F)c(F)cc3n2CC(=O)N2CC(n3cncn3)C2)CC[C@H]1F. The monoisotopic (exact) mass is 434 g/mol. The average Bonchev–Trinajstić information content (AvgIpc) is 3.33. The van der Waals surface area contributed by atoms with Crippen molar-refractivity contribution in [3.05, 3.63) is 36.4 Å². The van der Waals surface area contributed by atoms with Gasteiger partial charge in [0.25, 0.3) is 0 Å². The van der Waals surface area contributed by atoms with Gasteiger partial charge in [-0.3, -0.25) is 4.79 Å². The molecule has 12 heteroatoms. The maximum atomic E-state index is 14.0. The zero-order chi connectivity index (χ0) is 21.7. The van der Waals surface area contributed by atoms with Gasteiger partial charge < -0.3 is 20.1 Å². The number of imidazole rings is 1. The van der Waals surface area contributed by atoms with Crippen LogP contribution in [-0.2, 0) is 11.3 Å². The van der Waals surface area contributed by atoms with E-state index in [2.05, 4.69) is 15.1 Å². The number of piperidine rings is 1. The summed E-state index contributed by atoms with van der Waals surface area (Å²) in [5, 5.41) is 4.08. The Balaban J connectivity index is 1.42. The number of anilines is 1. The maximum Gasteiger partial charge on any atom is 0.242 e. The number of rotatable bonds is 4. The lowest BCUT2D eigenvalue weighted by Gasteiger charge is -2.39. The third kappa shape index (κ3) is 3.50. The van der Waals surface area contributed by atoms with Crippen molar-refractivity contribution in [3.8, 4) is 0 Å². The fourth-order valence-corrected chi connectivity index (χ4v) is 4.11. The second kappa shape index (κ2) is 7.52. The van der Waals surface area contributed by atoms with Crippen LogP contribution in [-0.4, -0.2) is 73.5 Å². The van der Waals surface area contributed by atoms with E-state index in [1.807, 2.05) is 0 Å². The minimum absolute atomic E-state index is 0.0542. The molecule has 164 valence electrons. The molecule has 0 bridgehead atoms. The van der Waals surface area contributed by atoms with Gasteiger partial charge in [-0.05, 0) is 6.42 Å². The third-order valence-electron chi connectivity index (χ3n) is 5.94. The molecule has 2 fully saturated rings. The van der Waals surface area contributed by atoms with Gasteiger partial charge in [0.1, 0.15) is 25.4 Å². The fraction of sp³-hybridized carbons (Fsp3) is 0.474. The molecule has 4 heterocycles. The fourth-order valence-electron chi connectivity index (χ4n) is 4.11. The van der Waals surface area contributed by atoms with Crippen LogP contribution >= 0.6 is 0 Å². The van der Waals surface area contributed by atoms with Crippen molar-refractivity contribution in [1.29, 1.82) is 0 Å². The Morgan fingerprint density at radius 2 is 1.97 bits per heavy atom. The number of halogens is 3. The summed E-state index contributed by atoms with van der Waals surface area (Å²) in [6.45, 7) is 1.39. The van der Waals surface area contributed by atoms with Crippen LogP contribution in [0.1, 0.15) is 12.5 Å². The van der Waals surface area contributed by atoms with Gasteiger partial charge in [0.2, 0.25) is 11.9 Å². The van der Waals surface area contributed by atoms with Crippen molar-refractivity contribution < 1.29 is 18.0 Å². The number of benzene rings is 1. The predicted molar refractivity (Wildman–Crippen MR) is 105 cm³/mol. The van der Waals surface area contributed by atoms with Gasteiger partial charge in [-0.15, -0.1) is 0 Å². The molecule has 2 atom stereocenters. The number of amides is 1. The minimum atomic E-state index is -1.12. The van der Waals surface area contributed by atoms with E-state index >= 15 is 0 Å². The molecule has 2 aliphatic rings. The number of fused-ring (bicyclic) bond motifs is 1. The maximum absolute atomic E-state index is 14.0. The van der Waals surface area contributed by atoms with Crippen molar-refractivity contribution in [2.75, 3.05) is 31.1 Å². The molecule has 2 aromatic heterocycles. The number of nitrogens with zero attached hydrogens (tertiary/aromatic N) is 7. The van der Waals surface area contributed by atoms with Crippen molar-refractivity contribution in [2.24, 2.45) is 5.73 Å². The number of hydrogen-bond donors (Lipinski definition) is 1. The van der Waals surface area contributed by atoms with Crippen LogP contribution in [0.4, 0.5) is 19.1 Å². The predicted octanol–water partition coefficient (Wildman–Crippen LogP) is 0.865. The summed E-state index contributed by atoms with van der Waals surface area (Å²) in [5.41, 5.74) is 6.40.